The summed E-state index contributed by atoms with van der Waals surface area (Å²) in [6, 6.07) is 6.89. The Morgan fingerprint density at radius 2 is 1.83 bits per heavy atom. The van der Waals surface area contributed by atoms with Gasteiger partial charge in [-0.05, 0) is 45.1 Å². The molecule has 226 valence electrons. The molecular formula is C28H38N2O11. The predicted octanol–water partition coefficient (Wildman–Crippen LogP) is -0.442. The lowest BCUT2D eigenvalue weighted by molar-refractivity contribution is -0.287. The SMILES string of the molecule is C=COC(=O)[C@H]1O[C@@H](OC(=O)[C@H]2CCCN2C(=O)[C@H](C)N[C@H](CCc2ccccc2)C(=O)OCC)[C@H](O)[C@@H](O)[C@@H]1O. The number of amides is 1. The van der Waals surface area contributed by atoms with Gasteiger partial charge in [-0.1, -0.05) is 36.9 Å². The van der Waals surface area contributed by atoms with E-state index in [-0.39, 0.29) is 19.6 Å². The number of ether oxygens (including phenoxy) is 4. The van der Waals surface area contributed by atoms with Crippen molar-refractivity contribution >= 4 is 23.8 Å². The summed E-state index contributed by atoms with van der Waals surface area (Å²) < 4.78 is 20.3. The van der Waals surface area contributed by atoms with Gasteiger partial charge in [0.1, 0.15) is 30.4 Å². The number of likely N-dealkylation sites (tertiary alicyclic amines) is 1. The van der Waals surface area contributed by atoms with Crippen molar-refractivity contribution < 1.29 is 53.4 Å². The van der Waals surface area contributed by atoms with Gasteiger partial charge in [-0.2, -0.15) is 0 Å². The molecule has 0 aliphatic carbocycles. The summed E-state index contributed by atoms with van der Waals surface area (Å²) in [5.41, 5.74) is 1.02. The normalized spacial score (nSPS) is 27.4. The van der Waals surface area contributed by atoms with Crippen LogP contribution in [0.25, 0.3) is 0 Å². The van der Waals surface area contributed by atoms with Crippen molar-refractivity contribution in [1.82, 2.24) is 10.2 Å². The Hall–Kier alpha value is -3.36. The highest BCUT2D eigenvalue weighted by atomic mass is 16.7. The van der Waals surface area contributed by atoms with Crippen molar-refractivity contribution in [3.63, 3.8) is 0 Å². The molecule has 8 atom stereocenters. The molecule has 0 aromatic heterocycles. The Bertz CT molecular complexity index is 1070. The molecule has 1 amide bonds. The molecular weight excluding hydrogens is 540 g/mol. The highest BCUT2D eigenvalue weighted by molar-refractivity contribution is 5.88. The summed E-state index contributed by atoms with van der Waals surface area (Å²) in [6.45, 7) is 6.92. The molecule has 2 aliphatic rings. The van der Waals surface area contributed by atoms with Crippen molar-refractivity contribution in [2.24, 2.45) is 0 Å². The van der Waals surface area contributed by atoms with Crippen molar-refractivity contribution in [2.75, 3.05) is 13.2 Å². The molecule has 1 aromatic carbocycles. The van der Waals surface area contributed by atoms with E-state index in [9.17, 15) is 34.5 Å². The molecule has 2 fully saturated rings. The van der Waals surface area contributed by atoms with Gasteiger partial charge in [0.15, 0.2) is 6.10 Å². The van der Waals surface area contributed by atoms with E-state index in [0.717, 1.165) is 11.8 Å². The first-order valence-corrected chi connectivity index (χ1v) is 13.6. The molecule has 1 aromatic rings. The third-order valence-electron chi connectivity index (χ3n) is 7.00. The zero-order valence-corrected chi connectivity index (χ0v) is 23.1. The lowest BCUT2D eigenvalue weighted by atomic mass is 9.99. The van der Waals surface area contributed by atoms with Gasteiger partial charge < -0.3 is 39.2 Å². The Labute approximate surface area is 238 Å². The summed E-state index contributed by atoms with van der Waals surface area (Å²) in [6.07, 6.45) is -6.70. The average molecular weight is 579 g/mol. The summed E-state index contributed by atoms with van der Waals surface area (Å²) in [5.74, 6) is -2.99. The predicted molar refractivity (Wildman–Crippen MR) is 142 cm³/mol. The minimum absolute atomic E-state index is 0.178. The molecule has 2 heterocycles. The molecule has 41 heavy (non-hydrogen) atoms. The van der Waals surface area contributed by atoms with Gasteiger partial charge in [-0.3, -0.25) is 14.9 Å². The van der Waals surface area contributed by atoms with Gasteiger partial charge in [0.05, 0.1) is 18.9 Å². The third kappa shape index (κ3) is 8.11. The molecule has 13 heteroatoms. The Morgan fingerprint density at radius 1 is 1.12 bits per heavy atom. The van der Waals surface area contributed by atoms with Gasteiger partial charge in [-0.25, -0.2) is 9.59 Å². The number of carbonyl (C=O) groups is 4. The molecule has 3 rings (SSSR count). The number of aliphatic hydroxyl groups is 3. The van der Waals surface area contributed by atoms with Crippen molar-refractivity contribution in [3.8, 4) is 0 Å². The summed E-state index contributed by atoms with van der Waals surface area (Å²) in [7, 11) is 0. The fraction of sp³-hybridized carbons (Fsp3) is 0.571. The maximum Gasteiger partial charge on any atom is 0.343 e. The number of esters is 3. The van der Waals surface area contributed by atoms with Crippen molar-refractivity contribution in [1.29, 1.82) is 0 Å². The van der Waals surface area contributed by atoms with Gasteiger partial charge >= 0.3 is 17.9 Å². The summed E-state index contributed by atoms with van der Waals surface area (Å²) in [4.78, 5) is 52.5. The first kappa shape index (κ1) is 32.2. The highest BCUT2D eigenvalue weighted by Gasteiger charge is 2.50. The van der Waals surface area contributed by atoms with Gasteiger partial charge in [0, 0.05) is 6.54 Å². The van der Waals surface area contributed by atoms with Gasteiger partial charge in [0.2, 0.25) is 12.2 Å². The Kier molecular flexibility index (Phi) is 11.8. The number of benzene rings is 1. The summed E-state index contributed by atoms with van der Waals surface area (Å²) in [5, 5.41) is 33.6. The van der Waals surface area contributed by atoms with Crippen LogP contribution in [-0.4, -0.2) is 106 Å². The van der Waals surface area contributed by atoms with Gasteiger partial charge in [-0.15, -0.1) is 0 Å². The zero-order chi connectivity index (χ0) is 30.1. The number of carbonyl (C=O) groups excluding carboxylic acids is 4. The molecule has 0 bridgehead atoms. The van der Waals surface area contributed by atoms with E-state index in [1.807, 2.05) is 30.3 Å². The van der Waals surface area contributed by atoms with Crippen LogP contribution >= 0.6 is 0 Å². The third-order valence-corrected chi connectivity index (χ3v) is 7.00. The first-order chi connectivity index (χ1) is 19.6. The van der Waals surface area contributed by atoms with E-state index in [1.54, 1.807) is 13.8 Å². The number of aliphatic hydroxyl groups excluding tert-OH is 3. The summed E-state index contributed by atoms with van der Waals surface area (Å²) >= 11 is 0. The first-order valence-electron chi connectivity index (χ1n) is 13.6. The standard InChI is InChI=1S/C28H38N2O11/c1-4-38-25(35)18(14-13-17-10-7-6-8-11-17)29-16(3)24(34)30-15-9-12-19(30)26(36)41-28-22(33)20(31)21(32)23(40-28)27(37)39-5-2/h5-8,10-11,16,18-23,28-29,31-33H,2,4,9,12-15H2,1,3H3/t16-,18+,19+,20-,21-,22+,23-,28-/m0/s1. The van der Waals surface area contributed by atoms with Crippen molar-refractivity contribution in [3.05, 3.63) is 48.7 Å². The van der Waals surface area contributed by atoms with E-state index in [4.69, 9.17) is 14.2 Å². The highest BCUT2D eigenvalue weighted by Crippen LogP contribution is 2.26. The number of hydrogen-bond acceptors (Lipinski definition) is 12. The second-order valence-corrected chi connectivity index (χ2v) is 9.84. The average Bonchev–Trinajstić information content (AvgIpc) is 3.46. The van der Waals surface area contributed by atoms with Crippen LogP contribution in [0, 0.1) is 0 Å². The molecule has 0 saturated carbocycles. The zero-order valence-electron chi connectivity index (χ0n) is 23.1. The molecule has 0 unspecified atom stereocenters. The van der Waals surface area contributed by atoms with Crippen LogP contribution < -0.4 is 5.32 Å². The van der Waals surface area contributed by atoms with E-state index in [1.165, 1.54) is 4.90 Å². The largest absolute Gasteiger partial charge is 0.465 e. The molecule has 2 aliphatic heterocycles. The molecule has 2 saturated heterocycles. The number of hydrogen-bond donors (Lipinski definition) is 4. The second-order valence-electron chi connectivity index (χ2n) is 9.84. The lowest BCUT2D eigenvalue weighted by Crippen LogP contribution is -2.61. The van der Waals surface area contributed by atoms with Gasteiger partial charge in [0.25, 0.3) is 0 Å². The van der Waals surface area contributed by atoms with Crippen molar-refractivity contribution in [2.45, 2.75) is 88.4 Å². The fourth-order valence-electron chi connectivity index (χ4n) is 4.85. The number of nitrogens with zero attached hydrogens (tertiary/aromatic N) is 1. The second kappa shape index (κ2) is 15.0. The minimum atomic E-state index is -1.88. The van der Waals surface area contributed by atoms with Crippen LogP contribution in [0.3, 0.4) is 0 Å². The maximum absolute atomic E-state index is 13.4. The van der Waals surface area contributed by atoms with E-state index < -0.39 is 72.6 Å². The molecule has 4 N–H and O–H groups in total. The van der Waals surface area contributed by atoms with E-state index in [0.29, 0.717) is 19.3 Å². The topological polar surface area (TPSA) is 181 Å². The molecule has 0 spiro atoms. The number of aryl methyl sites for hydroxylation is 1. The number of rotatable bonds is 12. The van der Waals surface area contributed by atoms with Crippen LogP contribution in [0.1, 0.15) is 38.7 Å². The fourth-order valence-corrected chi connectivity index (χ4v) is 4.85. The smallest absolute Gasteiger partial charge is 0.343 e. The lowest BCUT2D eigenvalue weighted by Gasteiger charge is -2.39. The quantitative estimate of drug-likeness (QED) is 0.143. The monoisotopic (exact) mass is 578 g/mol. The van der Waals surface area contributed by atoms with Crippen LogP contribution in [0.15, 0.2) is 43.2 Å². The van der Waals surface area contributed by atoms with E-state index >= 15 is 0 Å². The molecule has 13 nitrogen and oxygen atoms in total. The Morgan fingerprint density at radius 3 is 2.49 bits per heavy atom. The van der Waals surface area contributed by atoms with Crippen LogP contribution in [0.5, 0.6) is 0 Å². The minimum Gasteiger partial charge on any atom is -0.465 e. The van der Waals surface area contributed by atoms with Crippen LogP contribution in [0.4, 0.5) is 0 Å². The van der Waals surface area contributed by atoms with Crippen LogP contribution in [-0.2, 0) is 44.5 Å². The Balaban J connectivity index is 1.65. The maximum atomic E-state index is 13.4. The van der Waals surface area contributed by atoms with E-state index in [2.05, 4.69) is 16.6 Å². The number of nitrogens with one attached hydrogen (secondary N) is 1. The molecule has 0 radical (unpaired) electrons. The van der Waals surface area contributed by atoms with Crippen LogP contribution in [0.2, 0.25) is 0 Å².